The molecule has 8 aliphatic rings. The van der Waals surface area contributed by atoms with Gasteiger partial charge in [0, 0.05) is 5.41 Å². The number of aliphatic hydroxyl groups excluding tert-OH is 11. The van der Waals surface area contributed by atoms with Gasteiger partial charge in [0.05, 0.1) is 37.4 Å². The number of hydrogen-bond acceptors (Lipinski definition) is 21. The lowest BCUT2D eigenvalue weighted by atomic mass is 9.33. The van der Waals surface area contributed by atoms with Crippen molar-refractivity contribution in [1.29, 1.82) is 0 Å². The molecule has 0 unspecified atom stereocenters. The molecule has 0 bridgehead atoms. The molecule has 25 atom stereocenters. The molecule has 22 nitrogen and oxygen atoms in total. The molecule has 7 fully saturated rings. The topological polar surface area (TPSA) is 359 Å². The van der Waals surface area contributed by atoms with Gasteiger partial charge in [0.15, 0.2) is 12.6 Å². The number of fused-ring (bicyclic) bond motifs is 7. The second-order valence-electron chi connectivity index (χ2n) is 24.0. The van der Waals surface area contributed by atoms with Crippen LogP contribution < -0.4 is 0 Å². The Labute approximate surface area is 414 Å². The van der Waals surface area contributed by atoms with Crippen molar-refractivity contribution in [3.63, 3.8) is 0 Å². The van der Waals surface area contributed by atoms with Gasteiger partial charge in [0.1, 0.15) is 73.2 Å². The molecule has 71 heavy (non-hydrogen) atoms. The minimum atomic E-state index is -4.95. The van der Waals surface area contributed by atoms with Crippen LogP contribution in [0.5, 0.6) is 0 Å². The third-order valence-electron chi connectivity index (χ3n) is 19.6. The predicted molar refractivity (Wildman–Crippen MR) is 242 cm³/mol. The van der Waals surface area contributed by atoms with Gasteiger partial charge in [-0.25, -0.2) is 4.18 Å². The molecule has 12 N–H and O–H groups in total. The van der Waals surface area contributed by atoms with Crippen LogP contribution in [0.1, 0.15) is 106 Å². The summed E-state index contributed by atoms with van der Waals surface area (Å²) in [7, 11) is -4.95. The average molecular weight is 1040 g/mol. The molecular weight excluding hydrogens is 961 g/mol. The summed E-state index contributed by atoms with van der Waals surface area (Å²) >= 11 is 0. The maximum atomic E-state index is 15.0. The van der Waals surface area contributed by atoms with Crippen LogP contribution in [0.2, 0.25) is 0 Å². The second kappa shape index (κ2) is 19.5. The van der Waals surface area contributed by atoms with E-state index in [1.54, 1.807) is 6.92 Å². The highest BCUT2D eigenvalue weighted by Gasteiger charge is 2.71. The molecule has 3 saturated heterocycles. The van der Waals surface area contributed by atoms with E-state index < -0.39 is 168 Å². The molecule has 0 amide bonds. The second-order valence-corrected chi connectivity index (χ2v) is 25.0. The summed E-state index contributed by atoms with van der Waals surface area (Å²) in [6.45, 7) is 12.1. The van der Waals surface area contributed by atoms with Crippen molar-refractivity contribution in [2.45, 2.75) is 211 Å². The van der Waals surface area contributed by atoms with Crippen LogP contribution in [-0.4, -0.2) is 199 Å². The summed E-state index contributed by atoms with van der Waals surface area (Å²) in [5.41, 5.74) is -2.82. The van der Waals surface area contributed by atoms with Gasteiger partial charge in [-0.1, -0.05) is 53.2 Å². The fourth-order valence-corrected chi connectivity index (χ4v) is 15.9. The van der Waals surface area contributed by atoms with E-state index in [9.17, 15) is 69.1 Å². The van der Waals surface area contributed by atoms with Crippen molar-refractivity contribution in [2.24, 2.45) is 50.2 Å². The normalized spacial score (nSPS) is 53.0. The van der Waals surface area contributed by atoms with Crippen molar-refractivity contribution >= 4 is 16.4 Å². The fraction of sp³-hybridized carbons (Fsp3) is 0.938. The standard InChI is InChI=1S/C48H78O22S/c1-21-29(52)31(54)34(57)40(65-21)68-37-25(18-49)66-39(36(59)33(37)56)64-19-26-30(53)32(55)35(58)41(67-26)69-42(60)48-14-12-43(2,3)16-23(48)22-8-9-28-44(4)17-24(51)38(70-71(61,62)63)45(5,20-50)27(44)10-11-47(28,7)46(22,6)13-15-48/h8,21,23-41,49-59H,9-20H2,1-7H3,(H,61,62,63)/t21-,23-,24+,25-,26-,27-,28-,29-,30-,31+,32+,33-,34-,35-,36-,37-,38+,39-,40+,41+,44-,45+,46-,47+,48+/m0/s1. The lowest BCUT2D eigenvalue weighted by Crippen LogP contribution is -2.68. The molecular formula is C48H78O22S. The number of hydrogen-bond donors (Lipinski definition) is 12. The van der Waals surface area contributed by atoms with Crippen LogP contribution in [0, 0.1) is 50.2 Å². The summed E-state index contributed by atoms with van der Waals surface area (Å²) < 4.78 is 73.4. The van der Waals surface area contributed by atoms with E-state index in [4.69, 9.17) is 32.6 Å². The van der Waals surface area contributed by atoms with Gasteiger partial charge in [0.25, 0.3) is 0 Å². The Bertz CT molecular complexity index is 2090. The Kier molecular flexibility index (Phi) is 15.3. The van der Waals surface area contributed by atoms with Gasteiger partial charge in [-0.2, -0.15) is 8.42 Å². The van der Waals surface area contributed by atoms with Crippen molar-refractivity contribution < 1.29 is 107 Å². The van der Waals surface area contributed by atoms with E-state index in [0.717, 1.165) is 5.57 Å². The fourth-order valence-electron chi connectivity index (χ4n) is 15.2. The first-order valence-corrected chi connectivity index (χ1v) is 26.4. The van der Waals surface area contributed by atoms with Crippen LogP contribution in [0.25, 0.3) is 0 Å². The molecule has 0 aromatic rings. The predicted octanol–water partition coefficient (Wildman–Crippen LogP) is -1.06. The van der Waals surface area contributed by atoms with E-state index in [2.05, 4.69) is 40.7 Å². The van der Waals surface area contributed by atoms with Gasteiger partial charge in [-0.15, -0.1) is 0 Å². The molecule has 23 heteroatoms. The molecule has 3 aliphatic heterocycles. The van der Waals surface area contributed by atoms with Crippen LogP contribution >= 0.6 is 0 Å². The van der Waals surface area contributed by atoms with Gasteiger partial charge in [-0.05, 0) is 104 Å². The van der Waals surface area contributed by atoms with Gasteiger partial charge < -0.3 is 84.6 Å². The van der Waals surface area contributed by atoms with E-state index >= 15 is 4.79 Å². The number of aliphatic hydroxyl groups is 11. The van der Waals surface area contributed by atoms with Gasteiger partial charge in [0.2, 0.25) is 6.29 Å². The largest absolute Gasteiger partial charge is 0.432 e. The Morgan fingerprint density at radius 1 is 0.718 bits per heavy atom. The number of esters is 1. The molecule has 0 aromatic heterocycles. The van der Waals surface area contributed by atoms with E-state index in [-0.39, 0.29) is 29.6 Å². The molecule has 0 spiro atoms. The highest BCUT2D eigenvalue weighted by molar-refractivity contribution is 7.80. The minimum absolute atomic E-state index is 0.0452. The maximum Gasteiger partial charge on any atom is 0.397 e. The summed E-state index contributed by atoms with van der Waals surface area (Å²) in [5, 5.41) is 119. The minimum Gasteiger partial charge on any atom is -0.432 e. The third-order valence-corrected chi connectivity index (χ3v) is 20.0. The smallest absolute Gasteiger partial charge is 0.397 e. The maximum absolute atomic E-state index is 15.0. The highest BCUT2D eigenvalue weighted by Crippen LogP contribution is 2.76. The summed E-state index contributed by atoms with van der Waals surface area (Å²) in [6.07, 6.45) is -20.5. The molecule has 5 aliphatic carbocycles. The number of carbonyl (C=O) groups is 1. The average Bonchev–Trinajstić information content (AvgIpc) is 3.30. The van der Waals surface area contributed by atoms with Crippen LogP contribution in [0.3, 0.4) is 0 Å². The Morgan fingerprint density at radius 3 is 1.99 bits per heavy atom. The Morgan fingerprint density at radius 2 is 1.34 bits per heavy atom. The van der Waals surface area contributed by atoms with Crippen molar-refractivity contribution in [3.05, 3.63) is 11.6 Å². The summed E-state index contributed by atoms with van der Waals surface area (Å²) in [4.78, 5) is 15.0. The quantitative estimate of drug-likeness (QED) is 0.0666. The SMILES string of the molecule is C[C@@H]1O[C@H](O[C@@H]2[C@@H](O)[C@H](O)[C@@H](OC[C@@H]3O[C@H](OC(=O)[C@@]45CCC(C)(C)C[C@H]4C4=CC[C@H]6[C@@]7(C)C[C@@H](O)[C@@H](OS(=O)(=O)O)[C@](C)(CO)[C@H]7CC[C@@]6(C)[C@@]4(C)CC5)[C@@H](O)[C@H](O)[C@H]3O)O[C@H]2CO)[C@@H](O)[C@H](O)[C@H]1O. The first kappa shape index (κ1) is 55.7. The van der Waals surface area contributed by atoms with Crippen LogP contribution in [0.4, 0.5) is 0 Å². The first-order valence-electron chi connectivity index (χ1n) is 25.1. The summed E-state index contributed by atoms with van der Waals surface area (Å²) in [5.74, 6) is -1.30. The third kappa shape index (κ3) is 9.18. The van der Waals surface area contributed by atoms with Gasteiger partial charge >= 0.3 is 16.4 Å². The highest BCUT2D eigenvalue weighted by atomic mass is 32.3. The van der Waals surface area contributed by atoms with Crippen molar-refractivity contribution in [3.8, 4) is 0 Å². The molecule has 0 aromatic carbocycles. The molecule has 0 radical (unpaired) electrons. The van der Waals surface area contributed by atoms with E-state index in [0.29, 0.717) is 51.4 Å². The molecule has 4 saturated carbocycles. The number of ether oxygens (including phenoxy) is 6. The number of rotatable bonds is 11. The van der Waals surface area contributed by atoms with Crippen LogP contribution in [0.15, 0.2) is 11.6 Å². The summed E-state index contributed by atoms with van der Waals surface area (Å²) in [6, 6.07) is 0. The van der Waals surface area contributed by atoms with Crippen LogP contribution in [-0.2, 0) is 47.8 Å². The van der Waals surface area contributed by atoms with Gasteiger partial charge in [-0.3, -0.25) is 9.35 Å². The molecule has 3 heterocycles. The zero-order chi connectivity index (χ0) is 52.3. The van der Waals surface area contributed by atoms with E-state index in [1.165, 1.54) is 6.92 Å². The monoisotopic (exact) mass is 1040 g/mol. The van der Waals surface area contributed by atoms with E-state index in [1.807, 2.05) is 0 Å². The number of carbonyl (C=O) groups excluding carboxylic acids is 1. The zero-order valence-corrected chi connectivity index (χ0v) is 42.3. The Balaban J connectivity index is 0.989. The zero-order valence-electron chi connectivity index (χ0n) is 41.5. The lowest BCUT2D eigenvalue weighted by Gasteiger charge is -2.71. The first-order chi connectivity index (χ1) is 32.9. The number of allylic oxidation sites excluding steroid dienone is 2. The molecule has 8 rings (SSSR count). The Hall–Kier alpha value is -1.56. The van der Waals surface area contributed by atoms with Crippen molar-refractivity contribution in [1.82, 2.24) is 0 Å². The lowest BCUT2D eigenvalue weighted by molar-refractivity contribution is -0.361. The van der Waals surface area contributed by atoms with Crippen molar-refractivity contribution in [2.75, 3.05) is 19.8 Å². The molecule has 408 valence electrons.